The molecule has 0 unspecified atom stereocenters. The van der Waals surface area contributed by atoms with Crippen LogP contribution in [0.1, 0.15) is 53.5 Å². The number of fused-ring (bicyclic) bond motifs is 1. The molecule has 2 N–H and O–H groups in total. The molecule has 1 aromatic rings. The number of hydrogen-bond acceptors (Lipinski definition) is 2. The van der Waals surface area contributed by atoms with Crippen LogP contribution in [0.4, 0.5) is 0 Å². The van der Waals surface area contributed by atoms with E-state index in [0.29, 0.717) is 12.2 Å². The molecule has 98 valence electrons. The maximum atomic E-state index is 10.4. The lowest BCUT2D eigenvalue weighted by Crippen LogP contribution is -2.16. The summed E-state index contributed by atoms with van der Waals surface area (Å²) in [4.78, 5) is 0. The summed E-state index contributed by atoms with van der Waals surface area (Å²) in [5.41, 5.74) is 5.55. The molecule has 2 heteroatoms. The van der Waals surface area contributed by atoms with Crippen LogP contribution in [0.5, 0.6) is 5.75 Å². The number of aromatic hydroxyl groups is 1. The van der Waals surface area contributed by atoms with Crippen LogP contribution in [-0.4, -0.2) is 15.8 Å². The summed E-state index contributed by atoms with van der Waals surface area (Å²) in [5, 5.41) is 20.5. The van der Waals surface area contributed by atoms with Crippen molar-refractivity contribution in [3.05, 3.63) is 27.8 Å². The molecule has 0 radical (unpaired) electrons. The zero-order valence-corrected chi connectivity index (χ0v) is 11.3. The van der Waals surface area contributed by atoms with Crippen LogP contribution in [-0.2, 0) is 19.3 Å². The van der Waals surface area contributed by atoms with E-state index in [9.17, 15) is 10.2 Å². The maximum absolute atomic E-state index is 10.4. The number of aliphatic hydroxyl groups is 1. The molecule has 0 heterocycles. The molecule has 0 saturated heterocycles. The Bertz CT molecular complexity index is 499. The van der Waals surface area contributed by atoms with Crippen molar-refractivity contribution in [2.75, 3.05) is 0 Å². The van der Waals surface area contributed by atoms with Gasteiger partial charge in [0, 0.05) is 12.0 Å². The number of benzene rings is 1. The Kier molecular flexibility index (Phi) is 2.67. The van der Waals surface area contributed by atoms with E-state index in [4.69, 9.17) is 0 Å². The Labute approximate surface area is 109 Å². The largest absolute Gasteiger partial charge is 0.507 e. The highest BCUT2D eigenvalue weighted by molar-refractivity contribution is 5.55. The molecule has 0 aromatic heterocycles. The summed E-state index contributed by atoms with van der Waals surface area (Å²) in [7, 11) is 0. The Morgan fingerprint density at radius 3 is 2.11 bits per heavy atom. The van der Waals surface area contributed by atoms with Crippen molar-refractivity contribution < 1.29 is 10.2 Å². The van der Waals surface area contributed by atoms with E-state index < -0.39 is 5.60 Å². The van der Waals surface area contributed by atoms with Gasteiger partial charge in [0.05, 0.1) is 5.60 Å². The van der Waals surface area contributed by atoms with Crippen LogP contribution in [0.3, 0.4) is 0 Å². The van der Waals surface area contributed by atoms with Crippen molar-refractivity contribution in [3.63, 3.8) is 0 Å². The number of rotatable bonds is 2. The average molecular weight is 246 g/mol. The van der Waals surface area contributed by atoms with Gasteiger partial charge in [-0.15, -0.1) is 0 Å². The van der Waals surface area contributed by atoms with Crippen molar-refractivity contribution in [1.82, 2.24) is 0 Å². The van der Waals surface area contributed by atoms with Gasteiger partial charge in [0.25, 0.3) is 0 Å². The zero-order valence-electron chi connectivity index (χ0n) is 11.3. The molecular weight excluding hydrogens is 224 g/mol. The van der Waals surface area contributed by atoms with Crippen molar-refractivity contribution in [2.24, 2.45) is 0 Å². The van der Waals surface area contributed by atoms with Gasteiger partial charge in [0.15, 0.2) is 0 Å². The first-order valence-corrected chi connectivity index (χ1v) is 7.07. The third-order valence-corrected chi connectivity index (χ3v) is 4.80. The first-order chi connectivity index (χ1) is 8.52. The minimum Gasteiger partial charge on any atom is -0.507 e. The van der Waals surface area contributed by atoms with Gasteiger partial charge in [0.1, 0.15) is 5.75 Å². The number of phenolic OH excluding ortho intramolecular Hbond substituents is 1. The SMILES string of the molecule is Cc1c(O)c(CC2(O)CC2)c(C)c2c1CCCC2. The standard InChI is InChI=1S/C16H22O2/c1-10-12-5-3-4-6-13(12)11(2)15(17)14(10)9-16(18)7-8-16/h17-18H,3-9H2,1-2H3. The zero-order chi connectivity index (χ0) is 12.9. The van der Waals surface area contributed by atoms with E-state index in [0.717, 1.165) is 36.8 Å². The first-order valence-electron chi connectivity index (χ1n) is 7.07. The molecule has 1 fully saturated rings. The van der Waals surface area contributed by atoms with Crippen molar-refractivity contribution in [3.8, 4) is 5.75 Å². The minimum atomic E-state index is -0.530. The highest BCUT2D eigenvalue weighted by Crippen LogP contribution is 2.44. The van der Waals surface area contributed by atoms with E-state index in [-0.39, 0.29) is 0 Å². The Morgan fingerprint density at radius 1 is 1.00 bits per heavy atom. The van der Waals surface area contributed by atoms with E-state index in [1.807, 2.05) is 6.92 Å². The summed E-state index contributed by atoms with van der Waals surface area (Å²) in [5.74, 6) is 0.438. The summed E-state index contributed by atoms with van der Waals surface area (Å²) in [6.45, 7) is 4.14. The summed E-state index contributed by atoms with van der Waals surface area (Å²) < 4.78 is 0. The van der Waals surface area contributed by atoms with Gasteiger partial charge in [0.2, 0.25) is 0 Å². The first kappa shape index (κ1) is 12.0. The van der Waals surface area contributed by atoms with Crippen LogP contribution in [0.15, 0.2) is 0 Å². The molecule has 18 heavy (non-hydrogen) atoms. The molecule has 1 aromatic carbocycles. The topological polar surface area (TPSA) is 40.5 Å². The highest BCUT2D eigenvalue weighted by atomic mass is 16.3. The fourth-order valence-electron chi connectivity index (χ4n) is 3.33. The summed E-state index contributed by atoms with van der Waals surface area (Å²) >= 11 is 0. The van der Waals surface area contributed by atoms with Gasteiger partial charge in [-0.1, -0.05) is 0 Å². The predicted octanol–water partition coefficient (Wildman–Crippen LogP) is 2.96. The van der Waals surface area contributed by atoms with Crippen LogP contribution in [0.25, 0.3) is 0 Å². The number of phenols is 1. The normalized spacial score (nSPS) is 20.6. The van der Waals surface area contributed by atoms with Crippen LogP contribution < -0.4 is 0 Å². The third kappa shape index (κ3) is 1.83. The van der Waals surface area contributed by atoms with Crippen LogP contribution in [0.2, 0.25) is 0 Å². The van der Waals surface area contributed by atoms with Gasteiger partial charge >= 0.3 is 0 Å². The van der Waals surface area contributed by atoms with Gasteiger partial charge in [-0.05, 0) is 74.6 Å². The molecule has 3 rings (SSSR count). The fourth-order valence-corrected chi connectivity index (χ4v) is 3.33. The molecule has 0 spiro atoms. The van der Waals surface area contributed by atoms with Crippen LogP contribution >= 0.6 is 0 Å². The quantitative estimate of drug-likeness (QED) is 0.842. The Morgan fingerprint density at radius 2 is 1.56 bits per heavy atom. The van der Waals surface area contributed by atoms with Gasteiger partial charge in [-0.3, -0.25) is 0 Å². The van der Waals surface area contributed by atoms with Crippen molar-refractivity contribution >= 4 is 0 Å². The second kappa shape index (κ2) is 3.99. The van der Waals surface area contributed by atoms with E-state index in [1.165, 1.54) is 29.5 Å². The monoisotopic (exact) mass is 246 g/mol. The van der Waals surface area contributed by atoms with E-state index in [1.54, 1.807) is 0 Å². The molecule has 2 aliphatic carbocycles. The third-order valence-electron chi connectivity index (χ3n) is 4.80. The Balaban J connectivity index is 2.10. The lowest BCUT2D eigenvalue weighted by Gasteiger charge is -2.25. The molecule has 0 bridgehead atoms. The smallest absolute Gasteiger partial charge is 0.122 e. The Hall–Kier alpha value is -1.02. The maximum Gasteiger partial charge on any atom is 0.122 e. The molecule has 2 nitrogen and oxygen atoms in total. The van der Waals surface area contributed by atoms with Gasteiger partial charge in [-0.25, -0.2) is 0 Å². The second-order valence-electron chi connectivity index (χ2n) is 6.14. The lowest BCUT2D eigenvalue weighted by molar-refractivity contribution is 0.149. The second-order valence-corrected chi connectivity index (χ2v) is 6.14. The van der Waals surface area contributed by atoms with Crippen molar-refractivity contribution in [2.45, 2.75) is 64.4 Å². The molecule has 2 aliphatic rings. The molecule has 0 aliphatic heterocycles. The summed E-state index contributed by atoms with van der Waals surface area (Å²) in [6.07, 6.45) is 7.09. The molecule has 1 saturated carbocycles. The highest BCUT2D eigenvalue weighted by Gasteiger charge is 2.41. The predicted molar refractivity (Wildman–Crippen MR) is 72.1 cm³/mol. The fraction of sp³-hybridized carbons (Fsp3) is 0.625. The van der Waals surface area contributed by atoms with Gasteiger partial charge < -0.3 is 10.2 Å². The van der Waals surface area contributed by atoms with E-state index >= 15 is 0 Å². The summed E-state index contributed by atoms with van der Waals surface area (Å²) in [6, 6.07) is 0. The molecule has 0 amide bonds. The molecular formula is C16H22O2. The molecule has 0 atom stereocenters. The lowest BCUT2D eigenvalue weighted by atomic mass is 9.81. The van der Waals surface area contributed by atoms with Crippen LogP contribution in [0, 0.1) is 13.8 Å². The average Bonchev–Trinajstić information content (AvgIpc) is 3.10. The number of hydrogen-bond donors (Lipinski definition) is 2. The minimum absolute atomic E-state index is 0.438. The van der Waals surface area contributed by atoms with Crippen molar-refractivity contribution in [1.29, 1.82) is 0 Å². The van der Waals surface area contributed by atoms with E-state index in [2.05, 4.69) is 6.92 Å². The van der Waals surface area contributed by atoms with Gasteiger partial charge in [-0.2, -0.15) is 0 Å².